The number of ether oxygens (including phenoxy) is 1. The van der Waals surface area contributed by atoms with Gasteiger partial charge < -0.3 is 4.74 Å². The third kappa shape index (κ3) is 6.06. The van der Waals surface area contributed by atoms with Gasteiger partial charge in [0.15, 0.2) is 5.78 Å². The molecule has 0 saturated heterocycles. The Kier molecular flexibility index (Phi) is 6.95. The molecule has 0 bridgehead atoms. The van der Waals surface area contributed by atoms with E-state index in [-0.39, 0.29) is 11.6 Å². The van der Waals surface area contributed by atoms with E-state index in [2.05, 4.69) is 25.1 Å². The summed E-state index contributed by atoms with van der Waals surface area (Å²) in [6, 6.07) is 13.5. The lowest BCUT2D eigenvalue weighted by Crippen LogP contribution is -2.26. The van der Waals surface area contributed by atoms with Crippen LogP contribution in [0.25, 0.3) is 0 Å². The van der Waals surface area contributed by atoms with Crippen molar-refractivity contribution in [3.8, 4) is 5.75 Å². The van der Waals surface area contributed by atoms with Crippen LogP contribution in [0.4, 0.5) is 0 Å². The van der Waals surface area contributed by atoms with E-state index in [0.29, 0.717) is 18.6 Å². The van der Waals surface area contributed by atoms with Crippen molar-refractivity contribution in [3.63, 3.8) is 0 Å². The summed E-state index contributed by atoms with van der Waals surface area (Å²) in [5.74, 6) is 1.17. The van der Waals surface area contributed by atoms with Crippen LogP contribution in [0.2, 0.25) is 0 Å². The first kappa shape index (κ1) is 20.9. The molecule has 0 N–H and O–H groups in total. The maximum Gasteiger partial charge on any atom is 0.159 e. The van der Waals surface area contributed by atoms with Gasteiger partial charge in [0.2, 0.25) is 0 Å². The lowest BCUT2D eigenvalue weighted by Gasteiger charge is -2.23. The van der Waals surface area contributed by atoms with Gasteiger partial charge in [0.25, 0.3) is 0 Å². The molecule has 0 aliphatic carbocycles. The molecule has 0 fully saturated rings. The fourth-order valence-electron chi connectivity index (χ4n) is 2.98. The Morgan fingerprint density at radius 3 is 2.30 bits per heavy atom. The van der Waals surface area contributed by atoms with Crippen molar-refractivity contribution in [2.24, 2.45) is 5.41 Å². The first-order chi connectivity index (χ1) is 12.7. The smallest absolute Gasteiger partial charge is 0.159 e. The second-order valence-electron chi connectivity index (χ2n) is 7.96. The molecule has 144 valence electrons. The van der Waals surface area contributed by atoms with Crippen LogP contribution in [0.15, 0.2) is 42.5 Å². The molecule has 0 unspecified atom stereocenters. The highest BCUT2D eigenvalue weighted by Gasteiger charge is 2.26. The van der Waals surface area contributed by atoms with Crippen molar-refractivity contribution in [1.29, 1.82) is 0 Å². The molecule has 0 radical (unpaired) electrons. The maximum atomic E-state index is 12.7. The largest absolute Gasteiger partial charge is 0.493 e. The van der Waals surface area contributed by atoms with Gasteiger partial charge >= 0.3 is 0 Å². The molecule has 3 heteroatoms. The summed E-state index contributed by atoms with van der Waals surface area (Å²) in [4.78, 5) is 24.1. The zero-order chi connectivity index (χ0) is 20.0. The minimum Gasteiger partial charge on any atom is -0.493 e. The quantitative estimate of drug-likeness (QED) is 0.434. The van der Waals surface area contributed by atoms with Gasteiger partial charge in [-0.1, -0.05) is 50.2 Å². The van der Waals surface area contributed by atoms with Gasteiger partial charge in [-0.25, -0.2) is 0 Å². The normalized spacial score (nSPS) is 11.3. The Morgan fingerprint density at radius 1 is 1.00 bits per heavy atom. The molecule has 0 aromatic heterocycles. The third-order valence-electron chi connectivity index (χ3n) is 5.03. The molecule has 27 heavy (non-hydrogen) atoms. The first-order valence-electron chi connectivity index (χ1n) is 9.52. The van der Waals surface area contributed by atoms with Crippen LogP contribution < -0.4 is 4.74 Å². The molecule has 0 atom stereocenters. The predicted molar refractivity (Wildman–Crippen MR) is 110 cm³/mol. The van der Waals surface area contributed by atoms with E-state index < -0.39 is 5.41 Å². The molecule has 0 aliphatic rings. The molecule has 0 spiro atoms. The molecule has 0 aliphatic heterocycles. The lowest BCUT2D eigenvalue weighted by molar-refractivity contribution is -0.126. The number of hydrogen-bond donors (Lipinski definition) is 0. The second-order valence-corrected chi connectivity index (χ2v) is 7.96. The van der Waals surface area contributed by atoms with Crippen molar-refractivity contribution in [2.75, 3.05) is 6.61 Å². The third-order valence-corrected chi connectivity index (χ3v) is 5.03. The number of rotatable bonds is 9. The minimum atomic E-state index is -0.399. The minimum absolute atomic E-state index is 0.0389. The Bertz CT molecular complexity index is 801. The van der Waals surface area contributed by atoms with Gasteiger partial charge in [-0.2, -0.15) is 0 Å². The van der Waals surface area contributed by atoms with Gasteiger partial charge in [-0.15, -0.1) is 0 Å². The molecule has 2 rings (SSSR count). The van der Waals surface area contributed by atoms with Crippen molar-refractivity contribution in [1.82, 2.24) is 0 Å². The Labute approximate surface area is 162 Å². The fraction of sp³-hybridized carbons (Fsp3) is 0.417. The summed E-state index contributed by atoms with van der Waals surface area (Å²) in [7, 11) is 0. The monoisotopic (exact) mass is 366 g/mol. The van der Waals surface area contributed by atoms with Crippen LogP contribution >= 0.6 is 0 Å². The van der Waals surface area contributed by atoms with Gasteiger partial charge in [-0.05, 0) is 56.4 Å². The molecule has 2 aromatic carbocycles. The average molecular weight is 367 g/mol. The summed E-state index contributed by atoms with van der Waals surface area (Å²) in [5.41, 5.74) is 3.54. The van der Waals surface area contributed by atoms with Crippen LogP contribution in [0.1, 0.15) is 60.7 Å². The lowest BCUT2D eigenvalue weighted by atomic mass is 9.81. The molecular weight excluding hydrogens is 336 g/mol. The summed E-state index contributed by atoms with van der Waals surface area (Å²) in [5, 5.41) is 0. The summed E-state index contributed by atoms with van der Waals surface area (Å²) < 4.78 is 5.90. The fourth-order valence-corrected chi connectivity index (χ4v) is 2.98. The van der Waals surface area contributed by atoms with Gasteiger partial charge in [0.1, 0.15) is 11.5 Å². The highest BCUT2D eigenvalue weighted by Crippen LogP contribution is 2.26. The Morgan fingerprint density at radius 2 is 1.67 bits per heavy atom. The van der Waals surface area contributed by atoms with Crippen LogP contribution in [0.5, 0.6) is 5.75 Å². The van der Waals surface area contributed by atoms with Crippen molar-refractivity contribution < 1.29 is 14.3 Å². The zero-order valence-electron chi connectivity index (χ0n) is 17.1. The van der Waals surface area contributed by atoms with E-state index in [4.69, 9.17) is 4.74 Å². The summed E-state index contributed by atoms with van der Waals surface area (Å²) >= 11 is 0. The SMILES string of the molecule is CC(=O)c1ccc(CC(=O)C(C)(C)CCCOc2cc(C)ccc2C)cc1. The van der Waals surface area contributed by atoms with E-state index in [9.17, 15) is 9.59 Å². The highest BCUT2D eigenvalue weighted by molar-refractivity contribution is 5.94. The standard InChI is InChI=1S/C24H30O3/c1-17-7-8-18(2)22(15-17)27-14-6-13-24(4,5)23(26)16-20-9-11-21(12-10-20)19(3)25/h7-12,15H,6,13-14,16H2,1-5H3. The highest BCUT2D eigenvalue weighted by atomic mass is 16.5. The zero-order valence-corrected chi connectivity index (χ0v) is 17.1. The van der Waals surface area contributed by atoms with E-state index >= 15 is 0 Å². The Balaban J connectivity index is 1.84. The van der Waals surface area contributed by atoms with Gasteiger partial charge in [0.05, 0.1) is 6.61 Å². The molecule has 0 saturated carbocycles. The summed E-state index contributed by atoms with van der Waals surface area (Å²) in [6.45, 7) is 10.2. The molecule has 2 aromatic rings. The Hall–Kier alpha value is -2.42. The maximum absolute atomic E-state index is 12.7. The molecular formula is C24H30O3. The predicted octanol–water partition coefficient (Wildman–Crippen LogP) is 5.50. The van der Waals surface area contributed by atoms with Crippen LogP contribution in [-0.2, 0) is 11.2 Å². The number of hydrogen-bond acceptors (Lipinski definition) is 3. The van der Waals surface area contributed by atoms with Crippen molar-refractivity contribution >= 4 is 11.6 Å². The van der Waals surface area contributed by atoms with Gasteiger partial charge in [0, 0.05) is 17.4 Å². The van der Waals surface area contributed by atoms with Crippen molar-refractivity contribution in [2.45, 2.75) is 53.9 Å². The number of Topliss-reactive ketones (excluding diaryl/α,β-unsaturated/α-hetero) is 2. The molecule has 3 nitrogen and oxygen atoms in total. The van der Waals surface area contributed by atoms with Crippen LogP contribution in [0, 0.1) is 19.3 Å². The number of carbonyl (C=O) groups is 2. The van der Waals surface area contributed by atoms with E-state index in [0.717, 1.165) is 29.7 Å². The van der Waals surface area contributed by atoms with E-state index in [1.165, 1.54) is 5.56 Å². The summed E-state index contributed by atoms with van der Waals surface area (Å²) in [6.07, 6.45) is 2.00. The number of ketones is 2. The van der Waals surface area contributed by atoms with E-state index in [1.54, 1.807) is 19.1 Å². The molecule has 0 amide bonds. The second kappa shape index (κ2) is 8.98. The van der Waals surface area contributed by atoms with E-state index in [1.807, 2.05) is 32.9 Å². The average Bonchev–Trinajstić information content (AvgIpc) is 2.62. The van der Waals surface area contributed by atoms with Gasteiger partial charge in [-0.3, -0.25) is 9.59 Å². The van der Waals surface area contributed by atoms with Crippen LogP contribution in [0.3, 0.4) is 0 Å². The number of aryl methyl sites for hydroxylation is 2. The first-order valence-corrected chi connectivity index (χ1v) is 9.52. The van der Waals surface area contributed by atoms with Crippen molar-refractivity contribution in [3.05, 3.63) is 64.7 Å². The number of benzene rings is 2. The number of carbonyl (C=O) groups excluding carboxylic acids is 2. The van der Waals surface area contributed by atoms with Crippen LogP contribution in [-0.4, -0.2) is 18.2 Å². The topological polar surface area (TPSA) is 43.4 Å². The molecule has 0 heterocycles.